The predicted molar refractivity (Wildman–Crippen MR) is 74.6 cm³/mol. The van der Waals surface area contributed by atoms with Gasteiger partial charge in [0.25, 0.3) is 5.88 Å². The molecule has 104 valence electrons. The number of halogens is 2. The second-order valence-electron chi connectivity index (χ2n) is 3.87. The average molecular weight is 313 g/mol. The van der Waals surface area contributed by atoms with E-state index in [9.17, 15) is 4.79 Å². The van der Waals surface area contributed by atoms with Crippen molar-refractivity contribution in [2.75, 3.05) is 7.11 Å². The maximum absolute atomic E-state index is 11.7. The highest BCUT2D eigenvalue weighted by Gasteiger charge is 2.18. The van der Waals surface area contributed by atoms with Crippen LogP contribution in [0.3, 0.4) is 0 Å². The lowest BCUT2D eigenvalue weighted by molar-refractivity contribution is 0.0596. The first-order chi connectivity index (χ1) is 9.52. The van der Waals surface area contributed by atoms with Crippen LogP contribution in [0.1, 0.15) is 15.9 Å². The van der Waals surface area contributed by atoms with Crippen LogP contribution in [0, 0.1) is 6.92 Å². The molecule has 0 amide bonds. The Morgan fingerprint density at radius 2 is 2.00 bits per heavy atom. The minimum atomic E-state index is -0.624. The Morgan fingerprint density at radius 3 is 2.65 bits per heavy atom. The van der Waals surface area contributed by atoms with Crippen LogP contribution in [0.4, 0.5) is 0 Å². The molecule has 0 saturated heterocycles. The van der Waals surface area contributed by atoms with Crippen LogP contribution in [0.2, 0.25) is 10.2 Å². The van der Waals surface area contributed by atoms with E-state index in [4.69, 9.17) is 27.9 Å². The van der Waals surface area contributed by atoms with Gasteiger partial charge in [0.1, 0.15) is 5.56 Å². The minimum absolute atomic E-state index is 0.0163. The van der Waals surface area contributed by atoms with Gasteiger partial charge >= 0.3 is 5.97 Å². The normalized spacial score (nSPS) is 10.2. The summed E-state index contributed by atoms with van der Waals surface area (Å²) in [7, 11) is 1.25. The van der Waals surface area contributed by atoms with Gasteiger partial charge in [0, 0.05) is 0 Å². The highest BCUT2D eigenvalue weighted by Crippen LogP contribution is 2.33. The van der Waals surface area contributed by atoms with Crippen LogP contribution < -0.4 is 4.74 Å². The summed E-state index contributed by atoms with van der Waals surface area (Å²) in [6.07, 6.45) is 0. The number of benzene rings is 1. The molecular weight excluding hydrogens is 303 g/mol. The maximum Gasteiger partial charge on any atom is 0.343 e. The highest BCUT2D eigenvalue weighted by atomic mass is 35.5. The average Bonchev–Trinajstić information content (AvgIpc) is 2.43. The van der Waals surface area contributed by atoms with E-state index in [1.807, 2.05) is 13.0 Å². The molecule has 0 spiro atoms. The van der Waals surface area contributed by atoms with Crippen molar-refractivity contribution in [2.45, 2.75) is 6.92 Å². The molecule has 0 N–H and O–H groups in total. The number of aryl methyl sites for hydroxylation is 1. The van der Waals surface area contributed by atoms with Crippen molar-refractivity contribution >= 4 is 29.2 Å². The number of methoxy groups -OCH3 is 1. The zero-order valence-corrected chi connectivity index (χ0v) is 12.2. The number of ether oxygens (including phenoxy) is 2. The second kappa shape index (κ2) is 6.07. The molecule has 0 bridgehead atoms. The standard InChI is InChI=1S/C13H10Cl2N2O3/c1-7-4-3-5-9(14)11(7)20-12-8(13(18)19-2)6-10(15)16-17-12/h3-6H,1-2H3. The van der Waals surface area contributed by atoms with Gasteiger partial charge in [0.15, 0.2) is 10.9 Å². The Balaban J connectivity index is 2.46. The Morgan fingerprint density at radius 1 is 1.25 bits per heavy atom. The van der Waals surface area contributed by atoms with Gasteiger partial charge in [-0.25, -0.2) is 4.79 Å². The van der Waals surface area contributed by atoms with Gasteiger partial charge in [-0.05, 0) is 24.6 Å². The number of rotatable bonds is 3. The molecule has 0 radical (unpaired) electrons. The monoisotopic (exact) mass is 312 g/mol. The molecule has 0 saturated carbocycles. The van der Waals surface area contributed by atoms with E-state index >= 15 is 0 Å². The molecule has 1 aromatic heterocycles. The lowest BCUT2D eigenvalue weighted by Gasteiger charge is -2.11. The van der Waals surface area contributed by atoms with Gasteiger partial charge in [-0.3, -0.25) is 0 Å². The van der Waals surface area contributed by atoms with Gasteiger partial charge < -0.3 is 9.47 Å². The summed E-state index contributed by atoms with van der Waals surface area (Å²) in [6, 6.07) is 6.61. The fourth-order valence-electron chi connectivity index (χ4n) is 1.53. The Kier molecular flexibility index (Phi) is 4.42. The van der Waals surface area contributed by atoms with Crippen molar-refractivity contribution in [2.24, 2.45) is 0 Å². The van der Waals surface area contributed by atoms with Crippen molar-refractivity contribution in [1.82, 2.24) is 10.2 Å². The lowest BCUT2D eigenvalue weighted by Crippen LogP contribution is -2.07. The summed E-state index contributed by atoms with van der Waals surface area (Å²) in [6.45, 7) is 1.82. The van der Waals surface area contributed by atoms with Crippen molar-refractivity contribution in [3.05, 3.63) is 45.6 Å². The minimum Gasteiger partial charge on any atom is -0.465 e. The summed E-state index contributed by atoms with van der Waals surface area (Å²) >= 11 is 11.8. The van der Waals surface area contributed by atoms with E-state index in [1.54, 1.807) is 12.1 Å². The molecule has 0 fully saturated rings. The second-order valence-corrected chi connectivity index (χ2v) is 4.66. The highest BCUT2D eigenvalue weighted by molar-refractivity contribution is 6.32. The van der Waals surface area contributed by atoms with Gasteiger partial charge in [-0.2, -0.15) is 0 Å². The smallest absolute Gasteiger partial charge is 0.343 e. The number of hydrogen-bond donors (Lipinski definition) is 0. The predicted octanol–water partition coefficient (Wildman–Crippen LogP) is 3.67. The van der Waals surface area contributed by atoms with Crippen molar-refractivity contribution in [1.29, 1.82) is 0 Å². The summed E-state index contributed by atoms with van der Waals surface area (Å²) < 4.78 is 10.2. The first-order valence-corrected chi connectivity index (χ1v) is 6.33. The first-order valence-electron chi connectivity index (χ1n) is 5.57. The molecule has 2 aromatic rings. The van der Waals surface area contributed by atoms with E-state index < -0.39 is 5.97 Å². The third-order valence-electron chi connectivity index (χ3n) is 2.50. The molecule has 0 aliphatic rings. The number of hydrogen-bond acceptors (Lipinski definition) is 5. The fourth-order valence-corrected chi connectivity index (χ4v) is 1.94. The van der Waals surface area contributed by atoms with Gasteiger partial charge in [0.05, 0.1) is 12.1 Å². The summed E-state index contributed by atoms with van der Waals surface area (Å²) in [5.41, 5.74) is 0.872. The van der Waals surface area contributed by atoms with Crippen LogP contribution in [-0.2, 0) is 4.74 Å². The molecule has 0 atom stereocenters. The van der Waals surface area contributed by atoms with Crippen LogP contribution in [0.5, 0.6) is 11.6 Å². The van der Waals surface area contributed by atoms with Gasteiger partial charge in [-0.15, -0.1) is 10.2 Å². The molecule has 7 heteroatoms. The van der Waals surface area contributed by atoms with E-state index in [1.165, 1.54) is 13.2 Å². The van der Waals surface area contributed by atoms with Crippen LogP contribution in [0.15, 0.2) is 24.3 Å². The number of carbonyl (C=O) groups excluding carboxylic acids is 1. The zero-order valence-electron chi connectivity index (χ0n) is 10.7. The topological polar surface area (TPSA) is 61.3 Å². The van der Waals surface area contributed by atoms with Gasteiger partial charge in [-0.1, -0.05) is 35.3 Å². The number of aromatic nitrogens is 2. The molecule has 5 nitrogen and oxygen atoms in total. The third kappa shape index (κ3) is 3.00. The van der Waals surface area contributed by atoms with E-state index in [0.717, 1.165) is 5.56 Å². The molecular formula is C13H10Cl2N2O3. The molecule has 1 aromatic carbocycles. The van der Waals surface area contributed by atoms with Gasteiger partial charge in [0.2, 0.25) is 0 Å². The number of carbonyl (C=O) groups is 1. The number of esters is 1. The summed E-state index contributed by atoms with van der Waals surface area (Å²) in [5, 5.41) is 7.88. The largest absolute Gasteiger partial charge is 0.465 e. The Bertz CT molecular complexity index is 642. The Hall–Kier alpha value is -1.85. The molecule has 0 aliphatic carbocycles. The Labute approximate surface area is 125 Å². The fraction of sp³-hybridized carbons (Fsp3) is 0.154. The molecule has 0 aliphatic heterocycles. The molecule has 0 unspecified atom stereocenters. The zero-order chi connectivity index (χ0) is 14.7. The van der Waals surface area contributed by atoms with Crippen molar-refractivity contribution in [3.8, 4) is 11.6 Å². The molecule has 2 rings (SSSR count). The lowest BCUT2D eigenvalue weighted by atomic mass is 10.2. The molecule has 1 heterocycles. The van der Waals surface area contributed by atoms with E-state index in [0.29, 0.717) is 10.8 Å². The molecule has 20 heavy (non-hydrogen) atoms. The summed E-state index contributed by atoms with van der Waals surface area (Å²) in [4.78, 5) is 11.7. The van der Waals surface area contributed by atoms with E-state index in [-0.39, 0.29) is 16.6 Å². The quantitative estimate of drug-likeness (QED) is 0.809. The van der Waals surface area contributed by atoms with E-state index in [2.05, 4.69) is 14.9 Å². The van der Waals surface area contributed by atoms with Crippen molar-refractivity contribution < 1.29 is 14.3 Å². The maximum atomic E-state index is 11.7. The summed E-state index contributed by atoms with van der Waals surface area (Å²) in [5.74, 6) is -0.241. The SMILES string of the molecule is COC(=O)c1cc(Cl)nnc1Oc1c(C)cccc1Cl. The first kappa shape index (κ1) is 14.6. The van der Waals surface area contributed by atoms with Crippen molar-refractivity contribution in [3.63, 3.8) is 0 Å². The number of para-hydroxylation sites is 1. The third-order valence-corrected chi connectivity index (χ3v) is 2.98. The van der Waals surface area contributed by atoms with Crippen LogP contribution >= 0.6 is 23.2 Å². The van der Waals surface area contributed by atoms with Crippen LogP contribution in [0.25, 0.3) is 0 Å². The van der Waals surface area contributed by atoms with Crippen LogP contribution in [-0.4, -0.2) is 23.3 Å². The number of nitrogens with zero attached hydrogens (tertiary/aromatic N) is 2.